The molecule has 22 heavy (non-hydrogen) atoms. The van der Waals surface area contributed by atoms with E-state index in [2.05, 4.69) is 0 Å². The fourth-order valence-electron chi connectivity index (χ4n) is 2.91. The molecule has 0 aliphatic carbocycles. The average Bonchev–Trinajstić information content (AvgIpc) is 2.52. The number of anilines is 1. The Labute approximate surface area is 127 Å². The number of fused-ring (bicyclic) bond motifs is 1. The molecule has 2 rings (SSSR count). The first-order chi connectivity index (χ1) is 10.1. The summed E-state index contributed by atoms with van der Waals surface area (Å²) in [4.78, 5) is 12.4. The second-order valence-electron chi connectivity index (χ2n) is 6.11. The van der Waals surface area contributed by atoms with Gasteiger partial charge in [-0.2, -0.15) is 13.2 Å². The smallest absolute Gasteiger partial charge is 0.471 e. The molecule has 4 nitrogen and oxygen atoms in total. The van der Waals surface area contributed by atoms with Gasteiger partial charge in [0.05, 0.1) is 12.8 Å². The van der Waals surface area contributed by atoms with E-state index < -0.39 is 17.5 Å². The third-order valence-corrected chi connectivity index (χ3v) is 3.95. The molecule has 1 aromatic rings. The number of ether oxygens (including phenoxy) is 1. The second kappa shape index (κ2) is 5.37. The number of nitrogens with two attached hydrogens (primary N) is 1. The van der Waals surface area contributed by atoms with Crippen molar-refractivity contribution < 1.29 is 22.7 Å². The number of rotatable bonds is 1. The molecule has 1 amide bonds. The van der Waals surface area contributed by atoms with Gasteiger partial charge in [-0.15, -0.1) is 0 Å². The Morgan fingerprint density at radius 3 is 2.55 bits per heavy atom. The maximum Gasteiger partial charge on any atom is 0.471 e. The number of alkyl halides is 3. The summed E-state index contributed by atoms with van der Waals surface area (Å²) in [5.41, 5.74) is 7.38. The van der Waals surface area contributed by atoms with E-state index >= 15 is 0 Å². The first-order valence-electron chi connectivity index (χ1n) is 6.89. The fourth-order valence-corrected chi connectivity index (χ4v) is 2.91. The van der Waals surface area contributed by atoms with Gasteiger partial charge in [0.2, 0.25) is 0 Å². The molecule has 7 heteroatoms. The van der Waals surface area contributed by atoms with Crippen LogP contribution in [0.2, 0.25) is 0 Å². The largest absolute Gasteiger partial charge is 0.495 e. The number of halogens is 3. The van der Waals surface area contributed by atoms with Crippen LogP contribution in [0.1, 0.15) is 25.0 Å². The molecular weight excluding hydrogens is 297 g/mol. The summed E-state index contributed by atoms with van der Waals surface area (Å²) in [6.07, 6.45) is -4.53. The maximum absolute atomic E-state index is 12.7. The van der Waals surface area contributed by atoms with Crippen LogP contribution in [-0.2, 0) is 16.6 Å². The van der Waals surface area contributed by atoms with E-state index in [1.165, 1.54) is 7.11 Å². The third kappa shape index (κ3) is 2.98. The topological polar surface area (TPSA) is 55.6 Å². The van der Waals surface area contributed by atoms with Gasteiger partial charge in [0, 0.05) is 18.5 Å². The average molecular weight is 316 g/mol. The number of methoxy groups -OCH3 is 1. The molecule has 0 unspecified atom stereocenters. The highest BCUT2D eigenvalue weighted by molar-refractivity contribution is 5.82. The van der Waals surface area contributed by atoms with E-state index in [0.29, 0.717) is 17.9 Å². The summed E-state index contributed by atoms with van der Waals surface area (Å²) in [5.74, 6) is -1.31. The van der Waals surface area contributed by atoms with Crippen molar-refractivity contribution in [3.63, 3.8) is 0 Å². The van der Waals surface area contributed by atoms with Crippen LogP contribution in [0.4, 0.5) is 18.9 Å². The Morgan fingerprint density at radius 1 is 1.36 bits per heavy atom. The van der Waals surface area contributed by atoms with Crippen LogP contribution in [0, 0.1) is 0 Å². The number of carbonyl (C=O) groups excluding carboxylic acids is 1. The molecule has 1 heterocycles. The van der Waals surface area contributed by atoms with Gasteiger partial charge >= 0.3 is 12.1 Å². The molecule has 2 N–H and O–H groups in total. The van der Waals surface area contributed by atoms with Crippen molar-refractivity contribution in [2.24, 2.45) is 0 Å². The molecule has 0 radical (unpaired) electrons. The number of nitrogens with zero attached hydrogens (tertiary/aromatic N) is 1. The minimum Gasteiger partial charge on any atom is -0.495 e. The van der Waals surface area contributed by atoms with Crippen LogP contribution >= 0.6 is 0 Å². The number of hydrogen-bond acceptors (Lipinski definition) is 3. The van der Waals surface area contributed by atoms with Crippen molar-refractivity contribution in [1.29, 1.82) is 0 Å². The monoisotopic (exact) mass is 316 g/mol. The molecular formula is C15H19F3N2O2. The number of nitrogen functional groups attached to an aromatic ring is 1. The van der Waals surface area contributed by atoms with Gasteiger partial charge < -0.3 is 15.4 Å². The number of amides is 1. The minimum atomic E-state index is -4.86. The first kappa shape index (κ1) is 16.5. The normalized spacial score (nSPS) is 17.6. The van der Waals surface area contributed by atoms with Gasteiger partial charge in [0.15, 0.2) is 0 Å². The molecule has 0 spiro atoms. The lowest BCUT2D eigenvalue weighted by molar-refractivity contribution is -0.186. The summed E-state index contributed by atoms with van der Waals surface area (Å²) in [6.45, 7) is 3.62. The SMILES string of the molecule is COc1cc2c(cc1N)CCN(C(=O)C(F)(F)F)CC2(C)C. The lowest BCUT2D eigenvalue weighted by atomic mass is 9.81. The molecule has 0 fully saturated rings. The van der Waals surface area contributed by atoms with E-state index in [4.69, 9.17) is 10.5 Å². The Hall–Kier alpha value is -1.92. The van der Waals surface area contributed by atoms with Gasteiger partial charge in [-0.3, -0.25) is 4.79 Å². The van der Waals surface area contributed by atoms with E-state index in [0.717, 1.165) is 16.0 Å². The quantitative estimate of drug-likeness (QED) is 0.810. The summed E-state index contributed by atoms with van der Waals surface area (Å²) in [6, 6.07) is 3.48. The van der Waals surface area contributed by atoms with Crippen LogP contribution in [0.3, 0.4) is 0 Å². The van der Waals surface area contributed by atoms with Crippen molar-refractivity contribution in [2.75, 3.05) is 25.9 Å². The molecule has 0 atom stereocenters. The van der Waals surface area contributed by atoms with Crippen molar-refractivity contribution in [2.45, 2.75) is 31.9 Å². The highest BCUT2D eigenvalue weighted by Gasteiger charge is 2.45. The Bertz CT molecular complexity index is 597. The van der Waals surface area contributed by atoms with Crippen LogP contribution in [-0.4, -0.2) is 37.2 Å². The number of benzene rings is 1. The molecule has 0 bridgehead atoms. The van der Waals surface area contributed by atoms with Crippen LogP contribution in [0.5, 0.6) is 5.75 Å². The van der Waals surface area contributed by atoms with Crippen molar-refractivity contribution >= 4 is 11.6 Å². The molecule has 1 aliphatic heterocycles. The van der Waals surface area contributed by atoms with Gasteiger partial charge in [-0.05, 0) is 29.7 Å². The van der Waals surface area contributed by atoms with E-state index in [9.17, 15) is 18.0 Å². The Morgan fingerprint density at radius 2 is 2.00 bits per heavy atom. The van der Waals surface area contributed by atoms with Crippen molar-refractivity contribution in [1.82, 2.24) is 4.90 Å². The molecule has 1 aromatic carbocycles. The van der Waals surface area contributed by atoms with Crippen LogP contribution in [0.25, 0.3) is 0 Å². The highest BCUT2D eigenvalue weighted by atomic mass is 19.4. The predicted octanol–water partition coefficient (Wildman–Crippen LogP) is 2.50. The summed E-state index contributed by atoms with van der Waals surface area (Å²) < 4.78 is 43.3. The third-order valence-electron chi connectivity index (χ3n) is 3.95. The molecule has 122 valence electrons. The van der Waals surface area contributed by atoms with Crippen molar-refractivity contribution in [3.05, 3.63) is 23.3 Å². The Kier molecular flexibility index (Phi) is 4.02. The van der Waals surface area contributed by atoms with E-state index in [-0.39, 0.29) is 13.1 Å². The first-order valence-corrected chi connectivity index (χ1v) is 6.89. The lowest BCUT2D eigenvalue weighted by Gasteiger charge is -2.31. The zero-order valence-electron chi connectivity index (χ0n) is 12.8. The standard InChI is InChI=1S/C15H19F3N2O2/c1-14(2)8-20(13(21)15(16,17)18)5-4-9-6-11(19)12(22-3)7-10(9)14/h6-7H,4-5,8,19H2,1-3H3. The summed E-state index contributed by atoms with van der Waals surface area (Å²) in [5, 5.41) is 0. The highest BCUT2D eigenvalue weighted by Crippen LogP contribution is 2.37. The lowest BCUT2D eigenvalue weighted by Crippen LogP contribution is -2.46. The zero-order chi connectivity index (χ0) is 16.7. The van der Waals surface area contributed by atoms with Crippen LogP contribution in [0.15, 0.2) is 12.1 Å². The summed E-state index contributed by atoms with van der Waals surface area (Å²) in [7, 11) is 1.49. The van der Waals surface area contributed by atoms with E-state index in [1.54, 1.807) is 12.1 Å². The number of hydrogen-bond donors (Lipinski definition) is 1. The van der Waals surface area contributed by atoms with Gasteiger partial charge in [0.25, 0.3) is 0 Å². The zero-order valence-corrected chi connectivity index (χ0v) is 12.8. The van der Waals surface area contributed by atoms with Crippen molar-refractivity contribution in [3.8, 4) is 5.75 Å². The van der Waals surface area contributed by atoms with Gasteiger partial charge in [-0.25, -0.2) is 0 Å². The van der Waals surface area contributed by atoms with Gasteiger partial charge in [0.1, 0.15) is 5.75 Å². The van der Waals surface area contributed by atoms with Gasteiger partial charge in [-0.1, -0.05) is 13.8 Å². The molecule has 1 aliphatic rings. The molecule has 0 saturated carbocycles. The Balaban J connectivity index is 2.42. The fraction of sp³-hybridized carbons (Fsp3) is 0.533. The predicted molar refractivity (Wildman–Crippen MR) is 76.8 cm³/mol. The summed E-state index contributed by atoms with van der Waals surface area (Å²) >= 11 is 0. The minimum absolute atomic E-state index is 0.00852. The molecule has 0 saturated heterocycles. The number of carbonyl (C=O) groups is 1. The second-order valence-corrected chi connectivity index (χ2v) is 6.11. The van der Waals surface area contributed by atoms with Crippen LogP contribution < -0.4 is 10.5 Å². The maximum atomic E-state index is 12.7. The molecule has 0 aromatic heterocycles. The van der Waals surface area contributed by atoms with E-state index in [1.807, 2.05) is 13.8 Å².